The molecule has 0 aromatic heterocycles. The van der Waals surface area contributed by atoms with E-state index in [1.807, 2.05) is 30.3 Å². The summed E-state index contributed by atoms with van der Waals surface area (Å²) in [5.41, 5.74) is 0.206. The highest BCUT2D eigenvalue weighted by molar-refractivity contribution is 5.21. The standard InChI is InChI=1S/C15H23NO/c1-12-14(10-11-16(4)15(12,2)3)17-13-8-6-5-7-9-13/h5-9,12,14H,10-11H2,1-4H3. The molecule has 1 aliphatic heterocycles. The van der Waals surface area contributed by atoms with Crippen LogP contribution in [-0.4, -0.2) is 30.1 Å². The summed E-state index contributed by atoms with van der Waals surface area (Å²) in [6.45, 7) is 8.01. The lowest BCUT2D eigenvalue weighted by Gasteiger charge is -2.48. The topological polar surface area (TPSA) is 12.5 Å². The zero-order chi connectivity index (χ0) is 12.5. The van der Waals surface area contributed by atoms with Crippen LogP contribution >= 0.6 is 0 Å². The van der Waals surface area contributed by atoms with Crippen molar-refractivity contribution in [2.24, 2.45) is 5.92 Å². The molecule has 94 valence electrons. The Morgan fingerprint density at radius 1 is 1.24 bits per heavy atom. The molecule has 1 saturated heterocycles. The lowest BCUT2D eigenvalue weighted by molar-refractivity contribution is -0.0281. The van der Waals surface area contributed by atoms with Crippen LogP contribution in [0.5, 0.6) is 5.75 Å². The summed E-state index contributed by atoms with van der Waals surface area (Å²) >= 11 is 0. The molecule has 0 amide bonds. The van der Waals surface area contributed by atoms with Crippen LogP contribution < -0.4 is 4.74 Å². The van der Waals surface area contributed by atoms with E-state index in [2.05, 4.69) is 32.7 Å². The van der Waals surface area contributed by atoms with Crippen LogP contribution in [0.25, 0.3) is 0 Å². The van der Waals surface area contributed by atoms with E-state index in [1.54, 1.807) is 0 Å². The maximum absolute atomic E-state index is 6.12. The Hall–Kier alpha value is -1.02. The molecule has 0 N–H and O–H groups in total. The van der Waals surface area contributed by atoms with Crippen LogP contribution in [0.2, 0.25) is 0 Å². The van der Waals surface area contributed by atoms with Crippen LogP contribution in [0.15, 0.2) is 30.3 Å². The zero-order valence-electron chi connectivity index (χ0n) is 11.3. The van der Waals surface area contributed by atoms with Gasteiger partial charge in [0.25, 0.3) is 0 Å². The number of rotatable bonds is 2. The first kappa shape index (κ1) is 12.4. The maximum Gasteiger partial charge on any atom is 0.119 e. The summed E-state index contributed by atoms with van der Waals surface area (Å²) in [5, 5.41) is 0. The molecule has 0 bridgehead atoms. The van der Waals surface area contributed by atoms with Crippen molar-refractivity contribution >= 4 is 0 Å². The number of piperidine rings is 1. The van der Waals surface area contributed by atoms with Crippen LogP contribution in [0.1, 0.15) is 27.2 Å². The van der Waals surface area contributed by atoms with E-state index in [1.165, 1.54) is 0 Å². The Kier molecular flexibility index (Phi) is 3.43. The third-order valence-corrected chi connectivity index (χ3v) is 4.44. The van der Waals surface area contributed by atoms with Crippen LogP contribution in [-0.2, 0) is 0 Å². The van der Waals surface area contributed by atoms with Gasteiger partial charge in [0, 0.05) is 18.0 Å². The second-order valence-electron chi connectivity index (χ2n) is 5.62. The molecule has 1 fully saturated rings. The number of ether oxygens (including phenoxy) is 1. The number of hydrogen-bond acceptors (Lipinski definition) is 2. The molecule has 1 aliphatic rings. The fraction of sp³-hybridized carbons (Fsp3) is 0.600. The zero-order valence-corrected chi connectivity index (χ0v) is 11.3. The lowest BCUT2D eigenvalue weighted by atomic mass is 9.79. The predicted molar refractivity (Wildman–Crippen MR) is 71.3 cm³/mol. The highest BCUT2D eigenvalue weighted by Crippen LogP contribution is 2.34. The number of para-hydroxylation sites is 1. The molecule has 0 spiro atoms. The van der Waals surface area contributed by atoms with E-state index in [0.29, 0.717) is 12.0 Å². The fourth-order valence-corrected chi connectivity index (χ4v) is 2.50. The molecule has 0 aliphatic carbocycles. The minimum Gasteiger partial charge on any atom is -0.490 e. The van der Waals surface area contributed by atoms with E-state index >= 15 is 0 Å². The summed E-state index contributed by atoms with van der Waals surface area (Å²) < 4.78 is 6.12. The van der Waals surface area contributed by atoms with E-state index in [9.17, 15) is 0 Å². The molecule has 1 aromatic carbocycles. The van der Waals surface area contributed by atoms with Crippen LogP contribution in [0, 0.1) is 5.92 Å². The first-order valence-electron chi connectivity index (χ1n) is 6.45. The molecular formula is C15H23NO. The van der Waals surface area contributed by atoms with Gasteiger partial charge in [-0.05, 0) is 39.4 Å². The van der Waals surface area contributed by atoms with Gasteiger partial charge in [-0.3, -0.25) is 0 Å². The Morgan fingerprint density at radius 3 is 2.53 bits per heavy atom. The Labute approximate surface area is 105 Å². The van der Waals surface area contributed by atoms with Crippen molar-refractivity contribution in [3.05, 3.63) is 30.3 Å². The van der Waals surface area contributed by atoms with Crippen molar-refractivity contribution in [1.82, 2.24) is 4.90 Å². The van der Waals surface area contributed by atoms with E-state index in [0.717, 1.165) is 18.7 Å². The first-order chi connectivity index (χ1) is 8.01. The maximum atomic E-state index is 6.12. The van der Waals surface area contributed by atoms with Crippen molar-refractivity contribution in [2.75, 3.05) is 13.6 Å². The molecule has 0 saturated carbocycles. The molecule has 2 atom stereocenters. The molecule has 0 radical (unpaired) electrons. The van der Waals surface area contributed by atoms with Gasteiger partial charge in [-0.2, -0.15) is 0 Å². The largest absolute Gasteiger partial charge is 0.490 e. The molecular weight excluding hydrogens is 210 g/mol. The summed E-state index contributed by atoms with van der Waals surface area (Å²) in [7, 11) is 2.20. The minimum absolute atomic E-state index is 0.206. The lowest BCUT2D eigenvalue weighted by Crippen LogP contribution is -2.56. The number of nitrogens with zero attached hydrogens (tertiary/aromatic N) is 1. The Balaban J connectivity index is 2.08. The normalized spacial score (nSPS) is 28.9. The Bertz CT molecular complexity index is 360. The predicted octanol–water partition coefficient (Wildman–Crippen LogP) is 3.18. The number of likely N-dealkylation sites (tertiary alicyclic amines) is 1. The van der Waals surface area contributed by atoms with Gasteiger partial charge >= 0.3 is 0 Å². The fourth-order valence-electron chi connectivity index (χ4n) is 2.50. The smallest absolute Gasteiger partial charge is 0.119 e. The monoisotopic (exact) mass is 233 g/mol. The number of hydrogen-bond donors (Lipinski definition) is 0. The third kappa shape index (κ3) is 2.47. The van der Waals surface area contributed by atoms with Gasteiger partial charge in [0.15, 0.2) is 0 Å². The summed E-state index contributed by atoms with van der Waals surface area (Å²) in [6.07, 6.45) is 1.43. The second-order valence-corrected chi connectivity index (χ2v) is 5.62. The highest BCUT2D eigenvalue weighted by Gasteiger charge is 2.40. The first-order valence-corrected chi connectivity index (χ1v) is 6.45. The Morgan fingerprint density at radius 2 is 1.88 bits per heavy atom. The van der Waals surface area contributed by atoms with Crippen molar-refractivity contribution < 1.29 is 4.74 Å². The average Bonchev–Trinajstić information content (AvgIpc) is 2.32. The molecule has 2 rings (SSSR count). The van der Waals surface area contributed by atoms with Gasteiger partial charge in [0.1, 0.15) is 11.9 Å². The minimum atomic E-state index is 0.206. The number of benzene rings is 1. The molecule has 2 unspecified atom stereocenters. The molecule has 1 aromatic rings. The van der Waals surface area contributed by atoms with Gasteiger partial charge in [-0.15, -0.1) is 0 Å². The van der Waals surface area contributed by atoms with E-state index in [4.69, 9.17) is 4.74 Å². The van der Waals surface area contributed by atoms with Gasteiger partial charge in [0.2, 0.25) is 0 Å². The highest BCUT2D eigenvalue weighted by atomic mass is 16.5. The molecule has 17 heavy (non-hydrogen) atoms. The summed E-state index contributed by atoms with van der Waals surface area (Å²) in [5.74, 6) is 1.52. The van der Waals surface area contributed by atoms with Crippen LogP contribution in [0.3, 0.4) is 0 Å². The van der Waals surface area contributed by atoms with Crippen molar-refractivity contribution in [3.8, 4) is 5.75 Å². The third-order valence-electron chi connectivity index (χ3n) is 4.44. The van der Waals surface area contributed by atoms with Gasteiger partial charge in [-0.25, -0.2) is 0 Å². The summed E-state index contributed by atoms with van der Waals surface area (Å²) in [6, 6.07) is 10.2. The average molecular weight is 233 g/mol. The van der Waals surface area contributed by atoms with Gasteiger partial charge in [-0.1, -0.05) is 25.1 Å². The SMILES string of the molecule is CC1C(Oc2ccccc2)CCN(C)C1(C)C. The van der Waals surface area contributed by atoms with Gasteiger partial charge in [0.05, 0.1) is 0 Å². The van der Waals surface area contributed by atoms with Crippen molar-refractivity contribution in [2.45, 2.75) is 38.8 Å². The van der Waals surface area contributed by atoms with Crippen molar-refractivity contribution in [3.63, 3.8) is 0 Å². The quantitative estimate of drug-likeness (QED) is 0.778. The van der Waals surface area contributed by atoms with Crippen molar-refractivity contribution in [1.29, 1.82) is 0 Å². The molecule has 2 nitrogen and oxygen atoms in total. The van der Waals surface area contributed by atoms with E-state index in [-0.39, 0.29) is 5.54 Å². The van der Waals surface area contributed by atoms with Crippen LogP contribution in [0.4, 0.5) is 0 Å². The molecule has 2 heteroatoms. The molecule has 1 heterocycles. The van der Waals surface area contributed by atoms with Gasteiger partial charge < -0.3 is 9.64 Å². The second kappa shape index (κ2) is 4.69. The van der Waals surface area contributed by atoms with E-state index < -0.39 is 0 Å². The summed E-state index contributed by atoms with van der Waals surface area (Å²) in [4.78, 5) is 2.43.